The summed E-state index contributed by atoms with van der Waals surface area (Å²) >= 11 is 0. The van der Waals surface area contributed by atoms with Crippen molar-refractivity contribution in [1.82, 2.24) is 10.3 Å². The van der Waals surface area contributed by atoms with Crippen LogP contribution < -0.4 is 20.5 Å². The zero-order chi connectivity index (χ0) is 26.1. The molecular formula is C27H32FN3O5. The van der Waals surface area contributed by atoms with Crippen LogP contribution in [0.2, 0.25) is 0 Å². The number of carbonyl (C=O) groups excluding carboxylic acids is 2. The maximum absolute atomic E-state index is 15.2. The van der Waals surface area contributed by atoms with Crippen molar-refractivity contribution in [2.75, 3.05) is 20.3 Å². The van der Waals surface area contributed by atoms with E-state index in [0.717, 1.165) is 17.2 Å². The van der Waals surface area contributed by atoms with Crippen LogP contribution in [0.4, 0.5) is 4.39 Å². The van der Waals surface area contributed by atoms with Gasteiger partial charge in [-0.3, -0.25) is 9.59 Å². The first-order valence-electron chi connectivity index (χ1n) is 11.7. The van der Waals surface area contributed by atoms with E-state index >= 15 is 4.39 Å². The number of fused-ring (bicyclic) bond motifs is 1. The molecule has 3 aromatic rings. The van der Waals surface area contributed by atoms with E-state index < -0.39 is 17.6 Å². The zero-order valence-corrected chi connectivity index (χ0v) is 20.7. The van der Waals surface area contributed by atoms with Crippen LogP contribution in [-0.4, -0.2) is 55.3 Å². The molecule has 1 saturated heterocycles. The van der Waals surface area contributed by atoms with Gasteiger partial charge in [-0.2, -0.15) is 0 Å². The van der Waals surface area contributed by atoms with E-state index in [-0.39, 0.29) is 32.3 Å². The Morgan fingerprint density at radius 3 is 2.67 bits per heavy atom. The fourth-order valence-corrected chi connectivity index (χ4v) is 3.91. The second kappa shape index (κ2) is 12.4. The normalized spacial score (nSPS) is 18.9. The highest BCUT2D eigenvalue weighted by Gasteiger charge is 2.48. The number of ether oxygens (including phenoxy) is 3. The number of hydrogen-bond donors (Lipinski definition) is 2. The van der Waals surface area contributed by atoms with Gasteiger partial charge in [-0.1, -0.05) is 30.3 Å². The second-order valence-electron chi connectivity index (χ2n) is 8.64. The predicted octanol–water partition coefficient (Wildman–Crippen LogP) is 3.60. The average Bonchev–Trinajstić information content (AvgIpc) is 3.17. The third-order valence-electron chi connectivity index (χ3n) is 5.52. The summed E-state index contributed by atoms with van der Waals surface area (Å²) in [5.74, 6) is 0.0423. The molecule has 0 radical (unpaired) electrons. The molecule has 192 valence electrons. The van der Waals surface area contributed by atoms with Gasteiger partial charge in [-0.15, -0.1) is 0 Å². The van der Waals surface area contributed by atoms with Crippen LogP contribution in [0.25, 0.3) is 10.8 Å². The number of aldehydes is 1. The van der Waals surface area contributed by atoms with Crippen LogP contribution in [-0.2, 0) is 16.1 Å². The van der Waals surface area contributed by atoms with Gasteiger partial charge in [0.2, 0.25) is 11.5 Å². The number of pyridine rings is 1. The molecule has 2 unspecified atom stereocenters. The SMILES string of the molecule is CC(C)Oc1cc2c(OCC3CC(F)(COCc4ccccc4)C(=O)N3)nccc2cc1C=O.CN. The van der Waals surface area contributed by atoms with Gasteiger partial charge in [0.15, 0.2) is 6.29 Å². The molecule has 1 aromatic heterocycles. The first-order chi connectivity index (χ1) is 17.4. The third kappa shape index (κ3) is 6.56. The number of amides is 1. The van der Waals surface area contributed by atoms with Crippen LogP contribution in [0.15, 0.2) is 54.7 Å². The molecule has 0 aliphatic carbocycles. The minimum atomic E-state index is -2.12. The van der Waals surface area contributed by atoms with Gasteiger partial charge < -0.3 is 25.3 Å². The van der Waals surface area contributed by atoms with Crippen molar-refractivity contribution in [3.05, 3.63) is 65.9 Å². The largest absolute Gasteiger partial charge is 0.490 e. The van der Waals surface area contributed by atoms with Gasteiger partial charge in [0.05, 0.1) is 30.9 Å². The van der Waals surface area contributed by atoms with Gasteiger partial charge in [0, 0.05) is 18.0 Å². The Labute approximate surface area is 209 Å². The molecule has 1 aliphatic heterocycles. The van der Waals surface area contributed by atoms with Crippen molar-refractivity contribution in [1.29, 1.82) is 0 Å². The summed E-state index contributed by atoms with van der Waals surface area (Å²) in [6, 6.07) is 14.1. The molecule has 9 heteroatoms. The smallest absolute Gasteiger partial charge is 0.260 e. The summed E-state index contributed by atoms with van der Waals surface area (Å²) in [6.07, 6.45) is 2.13. The highest BCUT2D eigenvalue weighted by molar-refractivity contribution is 5.94. The summed E-state index contributed by atoms with van der Waals surface area (Å²) in [4.78, 5) is 28.1. The number of rotatable bonds is 10. The Kier molecular flexibility index (Phi) is 9.32. The lowest BCUT2D eigenvalue weighted by Crippen LogP contribution is -2.38. The van der Waals surface area contributed by atoms with Gasteiger partial charge in [0.1, 0.15) is 12.4 Å². The molecule has 0 spiro atoms. The maximum atomic E-state index is 15.2. The van der Waals surface area contributed by atoms with Gasteiger partial charge >= 0.3 is 0 Å². The standard InChI is InChI=1S/C26H27FN2O5.CH5N/c1-17(2)34-23-11-22-19(10-20(23)13-30)8-9-28-24(22)33-15-21-12-26(27,25(31)29-21)16-32-14-18-6-4-3-5-7-18;1-2/h3-11,13,17,21H,12,14-16H2,1-2H3,(H,29,31);2H2,1H3. The molecule has 36 heavy (non-hydrogen) atoms. The molecule has 0 saturated carbocycles. The molecular weight excluding hydrogens is 465 g/mol. The number of benzene rings is 2. The Balaban J connectivity index is 0.00000176. The van der Waals surface area contributed by atoms with E-state index in [1.165, 1.54) is 7.05 Å². The highest BCUT2D eigenvalue weighted by Crippen LogP contribution is 2.32. The fourth-order valence-electron chi connectivity index (χ4n) is 3.91. The first kappa shape index (κ1) is 27.0. The molecule has 2 atom stereocenters. The molecule has 2 aromatic carbocycles. The van der Waals surface area contributed by atoms with E-state index in [4.69, 9.17) is 14.2 Å². The summed E-state index contributed by atoms with van der Waals surface area (Å²) in [7, 11) is 1.50. The van der Waals surface area contributed by atoms with Crippen LogP contribution in [0.5, 0.6) is 11.6 Å². The van der Waals surface area contributed by atoms with Gasteiger partial charge in [-0.05, 0) is 50.0 Å². The van der Waals surface area contributed by atoms with Crippen LogP contribution in [0.3, 0.4) is 0 Å². The number of nitrogens with one attached hydrogen (secondary N) is 1. The molecule has 2 heterocycles. The van der Waals surface area contributed by atoms with Gasteiger partial charge in [-0.25, -0.2) is 9.37 Å². The average molecular weight is 498 g/mol. The number of halogens is 1. The van der Waals surface area contributed by atoms with Crippen molar-refractivity contribution in [2.45, 2.75) is 44.7 Å². The van der Waals surface area contributed by atoms with Gasteiger partial charge in [0.25, 0.3) is 5.91 Å². The van der Waals surface area contributed by atoms with E-state index in [9.17, 15) is 9.59 Å². The Hall–Kier alpha value is -3.56. The van der Waals surface area contributed by atoms with E-state index in [1.807, 2.05) is 44.2 Å². The number of carbonyl (C=O) groups is 2. The lowest BCUT2D eigenvalue weighted by atomic mass is 10.0. The Bertz CT molecular complexity index is 1170. The van der Waals surface area contributed by atoms with Crippen LogP contribution in [0, 0.1) is 0 Å². The third-order valence-corrected chi connectivity index (χ3v) is 5.52. The number of nitrogens with two attached hydrogens (primary N) is 1. The lowest BCUT2D eigenvalue weighted by molar-refractivity contribution is -0.133. The quantitative estimate of drug-likeness (QED) is 0.412. The Morgan fingerprint density at radius 2 is 1.97 bits per heavy atom. The number of alkyl halides is 1. The van der Waals surface area contributed by atoms with E-state index in [1.54, 1.807) is 24.4 Å². The molecule has 0 bridgehead atoms. The summed E-state index contributed by atoms with van der Waals surface area (Å²) in [6.45, 7) is 3.67. The molecule has 4 rings (SSSR count). The van der Waals surface area contributed by atoms with Crippen molar-refractivity contribution < 1.29 is 28.2 Å². The molecule has 8 nitrogen and oxygen atoms in total. The maximum Gasteiger partial charge on any atom is 0.260 e. The van der Waals surface area contributed by atoms with E-state index in [0.29, 0.717) is 22.6 Å². The zero-order valence-electron chi connectivity index (χ0n) is 20.7. The lowest BCUT2D eigenvalue weighted by Gasteiger charge is -2.17. The topological polar surface area (TPSA) is 113 Å². The monoisotopic (exact) mass is 497 g/mol. The second-order valence-corrected chi connectivity index (χ2v) is 8.64. The fraction of sp³-hybridized carbons (Fsp3) is 0.370. The summed E-state index contributed by atoms with van der Waals surface area (Å²) in [5.41, 5.74) is 3.72. The molecule has 1 fully saturated rings. The van der Waals surface area contributed by atoms with Crippen molar-refractivity contribution >= 4 is 23.0 Å². The van der Waals surface area contributed by atoms with Crippen molar-refractivity contribution in [3.8, 4) is 11.6 Å². The van der Waals surface area contributed by atoms with Crippen molar-refractivity contribution in [2.24, 2.45) is 5.73 Å². The van der Waals surface area contributed by atoms with Crippen LogP contribution >= 0.6 is 0 Å². The number of nitrogens with zero attached hydrogens (tertiary/aromatic N) is 1. The van der Waals surface area contributed by atoms with Crippen LogP contribution in [0.1, 0.15) is 36.2 Å². The molecule has 1 amide bonds. The number of hydrogen-bond acceptors (Lipinski definition) is 7. The minimum absolute atomic E-state index is 0.0397. The predicted molar refractivity (Wildman–Crippen MR) is 135 cm³/mol. The van der Waals surface area contributed by atoms with Crippen molar-refractivity contribution in [3.63, 3.8) is 0 Å². The summed E-state index contributed by atoms with van der Waals surface area (Å²) in [5, 5.41) is 4.06. The number of aromatic nitrogens is 1. The summed E-state index contributed by atoms with van der Waals surface area (Å²) < 4.78 is 32.3. The Morgan fingerprint density at radius 1 is 1.22 bits per heavy atom. The first-order valence-corrected chi connectivity index (χ1v) is 11.7. The van der Waals surface area contributed by atoms with E-state index in [2.05, 4.69) is 16.0 Å². The minimum Gasteiger partial charge on any atom is -0.490 e. The highest BCUT2D eigenvalue weighted by atomic mass is 19.1. The molecule has 3 N–H and O–H groups in total. The molecule has 1 aliphatic rings.